The van der Waals surface area contributed by atoms with Crippen LogP contribution in [0.2, 0.25) is 0 Å². The molecule has 19 nitrogen and oxygen atoms in total. The highest BCUT2D eigenvalue weighted by Crippen LogP contribution is 2.33. The Balaban J connectivity index is 1.57. The molecule has 0 spiro atoms. The van der Waals surface area contributed by atoms with Gasteiger partial charge in [0.15, 0.2) is 18.9 Å². The molecule has 3 heterocycles. The normalized spacial score (nSPS) is 32.0. The lowest BCUT2D eigenvalue weighted by molar-refractivity contribution is -0.379. The molecule has 74 heavy (non-hydrogen) atoms. The second-order valence-electron chi connectivity index (χ2n) is 19.3. The van der Waals surface area contributed by atoms with Gasteiger partial charge in [-0.25, -0.2) is 0 Å². The van der Waals surface area contributed by atoms with E-state index in [-0.39, 0.29) is 18.9 Å². The van der Waals surface area contributed by atoms with Crippen LogP contribution in [0.4, 0.5) is 0 Å². The van der Waals surface area contributed by atoms with E-state index in [1.807, 2.05) is 6.08 Å². The highest BCUT2D eigenvalue weighted by molar-refractivity contribution is 5.76. The molecule has 3 fully saturated rings. The number of carbonyl (C=O) groups excluding carboxylic acids is 1. The maximum Gasteiger partial charge on any atom is 0.220 e. The summed E-state index contributed by atoms with van der Waals surface area (Å²) in [6, 6.07) is -1.01. The van der Waals surface area contributed by atoms with E-state index >= 15 is 0 Å². The molecule has 0 aromatic heterocycles. The number of aliphatic hydroxyl groups is 11. The molecule has 0 aliphatic carbocycles. The van der Waals surface area contributed by atoms with Crippen molar-refractivity contribution in [3.05, 3.63) is 72.9 Å². The van der Waals surface area contributed by atoms with Gasteiger partial charge in [0, 0.05) is 6.42 Å². The Bertz CT molecular complexity index is 1640. The first kappa shape index (κ1) is 65.5. The van der Waals surface area contributed by atoms with Gasteiger partial charge in [-0.3, -0.25) is 4.79 Å². The third-order valence-corrected chi connectivity index (χ3v) is 13.2. The number of allylic oxidation sites excluding steroid dienone is 11. The van der Waals surface area contributed by atoms with Crippen molar-refractivity contribution in [2.75, 3.05) is 26.4 Å². The summed E-state index contributed by atoms with van der Waals surface area (Å²) in [5.74, 6) is -0.331. The van der Waals surface area contributed by atoms with E-state index < -0.39 is 124 Å². The topological polar surface area (TPSA) is 307 Å². The maximum atomic E-state index is 13.2. The quantitative estimate of drug-likeness (QED) is 0.0314. The highest BCUT2D eigenvalue weighted by Gasteiger charge is 2.53. The van der Waals surface area contributed by atoms with E-state index in [9.17, 15) is 61.0 Å². The van der Waals surface area contributed by atoms with Gasteiger partial charge in [-0.05, 0) is 70.6 Å². The molecule has 0 bridgehead atoms. The van der Waals surface area contributed by atoms with Crippen LogP contribution in [0.3, 0.4) is 0 Å². The van der Waals surface area contributed by atoms with Gasteiger partial charge in [0.05, 0.1) is 38.6 Å². The molecule has 17 unspecified atom stereocenters. The molecule has 0 saturated carbocycles. The summed E-state index contributed by atoms with van der Waals surface area (Å²) in [4.78, 5) is 13.2. The fourth-order valence-corrected chi connectivity index (χ4v) is 8.72. The summed E-state index contributed by atoms with van der Waals surface area (Å²) in [7, 11) is 0. The second kappa shape index (κ2) is 38.7. The number of amides is 1. The lowest BCUT2D eigenvalue weighted by Crippen LogP contribution is -2.66. The Morgan fingerprint density at radius 1 is 0.500 bits per heavy atom. The molecule has 0 aromatic carbocycles. The van der Waals surface area contributed by atoms with E-state index in [1.54, 1.807) is 6.08 Å². The first-order chi connectivity index (χ1) is 35.8. The molecule has 0 aromatic rings. The van der Waals surface area contributed by atoms with E-state index in [0.717, 1.165) is 57.8 Å². The minimum Gasteiger partial charge on any atom is -0.394 e. The van der Waals surface area contributed by atoms with Crippen LogP contribution in [0.1, 0.15) is 136 Å². The SMILES string of the molecule is CC/C=C\C/C=C\C/C=C\C/C=C\CCCCC(=O)NC(COC1OC(CO)C(OC2OC(CO)C(OC3OC(CO)C(O)C(O)C3O)C(O)C2O)C(O)C1O)C(O)/C=C/CC/C=C/CCCCCCCCCC. The zero-order valence-corrected chi connectivity index (χ0v) is 43.8. The fraction of sp³-hybridized carbons (Fsp3) is 0.764. The number of aliphatic hydroxyl groups excluding tert-OH is 11. The molecule has 0 radical (unpaired) electrons. The van der Waals surface area contributed by atoms with Crippen molar-refractivity contribution in [1.29, 1.82) is 0 Å². The Labute approximate surface area is 438 Å². The Morgan fingerprint density at radius 2 is 0.946 bits per heavy atom. The number of hydrogen-bond acceptors (Lipinski definition) is 18. The number of unbranched alkanes of at least 4 members (excludes halogenated alkanes) is 11. The van der Waals surface area contributed by atoms with Gasteiger partial charge in [0.1, 0.15) is 73.2 Å². The van der Waals surface area contributed by atoms with Crippen LogP contribution in [0.25, 0.3) is 0 Å². The van der Waals surface area contributed by atoms with Gasteiger partial charge in [0.2, 0.25) is 5.91 Å². The van der Waals surface area contributed by atoms with Crippen molar-refractivity contribution in [3.63, 3.8) is 0 Å². The summed E-state index contributed by atoms with van der Waals surface area (Å²) in [5.41, 5.74) is 0. The third kappa shape index (κ3) is 23.5. The molecule has 12 N–H and O–H groups in total. The van der Waals surface area contributed by atoms with Crippen LogP contribution in [0.5, 0.6) is 0 Å². The first-order valence-electron chi connectivity index (χ1n) is 27.2. The molecule has 19 heteroatoms. The van der Waals surface area contributed by atoms with Crippen LogP contribution in [-0.4, -0.2) is 193 Å². The van der Waals surface area contributed by atoms with Gasteiger partial charge < -0.3 is 89.9 Å². The van der Waals surface area contributed by atoms with Crippen LogP contribution < -0.4 is 5.32 Å². The van der Waals surface area contributed by atoms with E-state index in [1.165, 1.54) is 44.9 Å². The highest BCUT2D eigenvalue weighted by atomic mass is 16.8. The summed E-state index contributed by atoms with van der Waals surface area (Å²) >= 11 is 0. The van der Waals surface area contributed by atoms with Gasteiger partial charge in [0.25, 0.3) is 0 Å². The lowest BCUT2D eigenvalue weighted by Gasteiger charge is -2.48. The number of nitrogens with one attached hydrogen (secondary N) is 1. The Hall–Kier alpha value is -2.77. The zero-order valence-electron chi connectivity index (χ0n) is 43.8. The predicted molar refractivity (Wildman–Crippen MR) is 277 cm³/mol. The fourth-order valence-electron chi connectivity index (χ4n) is 8.72. The summed E-state index contributed by atoms with van der Waals surface area (Å²) in [5, 5.41) is 120. The van der Waals surface area contributed by atoms with Crippen molar-refractivity contribution in [2.45, 2.75) is 240 Å². The van der Waals surface area contributed by atoms with Gasteiger partial charge in [-0.1, -0.05) is 132 Å². The minimum absolute atomic E-state index is 0.179. The Kier molecular flexibility index (Phi) is 34.3. The average Bonchev–Trinajstić information content (AvgIpc) is 3.40. The number of ether oxygens (including phenoxy) is 6. The van der Waals surface area contributed by atoms with Gasteiger partial charge in [-0.15, -0.1) is 0 Å². The Morgan fingerprint density at radius 3 is 1.51 bits per heavy atom. The van der Waals surface area contributed by atoms with E-state index in [4.69, 9.17) is 28.4 Å². The smallest absolute Gasteiger partial charge is 0.220 e. The van der Waals surface area contributed by atoms with Gasteiger partial charge in [-0.2, -0.15) is 0 Å². The van der Waals surface area contributed by atoms with Crippen LogP contribution in [0.15, 0.2) is 72.9 Å². The monoisotopic (exact) mass is 1060 g/mol. The van der Waals surface area contributed by atoms with Crippen LogP contribution in [-0.2, 0) is 33.2 Å². The summed E-state index contributed by atoms with van der Waals surface area (Å²) in [6.07, 6.45) is 16.2. The molecule has 3 aliphatic rings. The first-order valence-corrected chi connectivity index (χ1v) is 27.2. The average molecular weight is 1060 g/mol. The van der Waals surface area contributed by atoms with Crippen LogP contribution in [0, 0.1) is 0 Å². The zero-order chi connectivity index (χ0) is 54.1. The number of hydrogen-bond donors (Lipinski definition) is 12. The molecule has 3 saturated heterocycles. The molecular formula is C55H93NO18. The largest absolute Gasteiger partial charge is 0.394 e. The van der Waals surface area contributed by atoms with Gasteiger partial charge >= 0.3 is 0 Å². The third-order valence-electron chi connectivity index (χ3n) is 13.2. The van der Waals surface area contributed by atoms with E-state index in [0.29, 0.717) is 12.8 Å². The number of rotatable bonds is 37. The molecule has 17 atom stereocenters. The predicted octanol–water partition coefficient (Wildman–Crippen LogP) is 3.09. The maximum absolute atomic E-state index is 13.2. The minimum atomic E-state index is -1.99. The van der Waals surface area contributed by atoms with Crippen molar-refractivity contribution >= 4 is 5.91 Å². The molecule has 1 amide bonds. The van der Waals surface area contributed by atoms with Crippen molar-refractivity contribution in [1.82, 2.24) is 5.32 Å². The summed E-state index contributed by atoms with van der Waals surface area (Å²) < 4.78 is 34.1. The molecular weight excluding hydrogens is 963 g/mol. The molecule has 426 valence electrons. The van der Waals surface area contributed by atoms with Crippen LogP contribution >= 0.6 is 0 Å². The summed E-state index contributed by atoms with van der Waals surface area (Å²) in [6.45, 7) is 1.50. The lowest BCUT2D eigenvalue weighted by atomic mass is 9.96. The van der Waals surface area contributed by atoms with E-state index in [2.05, 4.69) is 79.9 Å². The standard InChI is InChI=1S/C55H93NO18/c1-3-5-7-9-11-13-15-17-19-21-23-25-27-29-31-33-43(61)56-38(39(60)32-30-28-26-24-22-20-18-16-14-12-10-8-6-4-2)37-69-53-49(67)46(64)51(41(35-58)71-53)74-55-50(68)47(65)52(42(36-59)72-55)73-54-48(66)45(63)44(62)40(34-57)70-54/h5,7,11,13,17,19,22-25,30,32,38-42,44-55,57-60,62-68H,3-4,6,8-10,12,14-16,18,20-21,26-29,31,33-37H2,1-2H3,(H,56,61)/b7-5-,13-11-,19-17-,24-22+,25-23-,32-30+. The molecule has 3 rings (SSSR count). The number of carbonyl (C=O) groups is 1. The second-order valence-corrected chi connectivity index (χ2v) is 19.3. The molecule has 3 aliphatic heterocycles. The van der Waals surface area contributed by atoms with Crippen molar-refractivity contribution in [2.24, 2.45) is 0 Å². The van der Waals surface area contributed by atoms with Crippen molar-refractivity contribution < 1.29 is 89.4 Å². The van der Waals surface area contributed by atoms with Crippen molar-refractivity contribution in [3.8, 4) is 0 Å².